The zero-order valence-electron chi connectivity index (χ0n) is 20.8. The van der Waals surface area contributed by atoms with Crippen LogP contribution in [-0.4, -0.2) is 19.7 Å². The predicted octanol–water partition coefficient (Wildman–Crippen LogP) is 7.04. The van der Waals surface area contributed by atoms with Crippen LogP contribution in [0.2, 0.25) is 13.1 Å². The smallest absolute Gasteiger partial charge is 0.111 e. The van der Waals surface area contributed by atoms with Crippen LogP contribution in [0, 0.1) is 6.92 Å². The van der Waals surface area contributed by atoms with E-state index in [2.05, 4.69) is 136 Å². The van der Waals surface area contributed by atoms with E-state index in [-0.39, 0.29) is 6.04 Å². The number of rotatable bonds is 7. The quantitative estimate of drug-likeness (QED) is 0.235. The summed E-state index contributed by atoms with van der Waals surface area (Å²) in [5.41, 5.74) is 5.31. The number of benzene rings is 3. The molecule has 0 radical (unpaired) electrons. The molecule has 1 aromatic heterocycles. The molecule has 1 atom stereocenters. The summed E-state index contributed by atoms with van der Waals surface area (Å²) in [6.07, 6.45) is 7.01. The van der Waals surface area contributed by atoms with Gasteiger partial charge in [0.15, 0.2) is 0 Å². The van der Waals surface area contributed by atoms with Crippen molar-refractivity contribution in [2.24, 2.45) is 0 Å². The van der Waals surface area contributed by atoms with Gasteiger partial charge in [0, 0.05) is 28.4 Å². The number of aryl methyl sites for hydroxylation is 2. The van der Waals surface area contributed by atoms with Crippen LogP contribution in [0.3, 0.4) is 0 Å². The first kappa shape index (κ1) is 23.3. The average molecular weight is 453 g/mol. The summed E-state index contributed by atoms with van der Waals surface area (Å²) < 4.78 is 2.43. The van der Waals surface area contributed by atoms with E-state index >= 15 is 0 Å². The molecule has 33 heavy (non-hydrogen) atoms. The third-order valence-electron chi connectivity index (χ3n) is 7.12. The van der Waals surface area contributed by atoms with E-state index in [1.807, 2.05) is 0 Å². The number of para-hydroxylation sites is 1. The molecule has 1 N–H and O–H groups in total. The van der Waals surface area contributed by atoms with Crippen LogP contribution >= 0.6 is 0 Å². The van der Waals surface area contributed by atoms with Crippen LogP contribution in [0.15, 0.2) is 90.2 Å². The van der Waals surface area contributed by atoms with E-state index in [0.717, 1.165) is 6.54 Å². The van der Waals surface area contributed by atoms with E-state index < -0.39 is 8.07 Å². The lowest BCUT2D eigenvalue weighted by Crippen LogP contribution is -2.43. The summed E-state index contributed by atoms with van der Waals surface area (Å²) in [5.74, 6) is 0. The van der Waals surface area contributed by atoms with Crippen molar-refractivity contribution in [3.8, 4) is 0 Å². The number of allylic oxidation sites excluding steroid dienone is 3. The van der Waals surface area contributed by atoms with Gasteiger partial charge in [-0.15, -0.1) is 0 Å². The highest BCUT2D eigenvalue weighted by atomic mass is 28.3. The Hall–Kier alpha value is -2.88. The molecule has 0 saturated heterocycles. The molecule has 0 fully saturated rings. The van der Waals surface area contributed by atoms with Crippen molar-refractivity contribution in [2.45, 2.75) is 46.5 Å². The Morgan fingerprint density at radius 3 is 2.33 bits per heavy atom. The number of aromatic nitrogens is 1. The Kier molecular flexibility index (Phi) is 6.73. The van der Waals surface area contributed by atoms with Crippen LogP contribution in [0.25, 0.3) is 21.8 Å². The predicted molar refractivity (Wildman–Crippen MR) is 148 cm³/mol. The Bertz CT molecular complexity index is 1330. The number of hydrogen-bond acceptors (Lipinski definition) is 1. The van der Waals surface area contributed by atoms with Gasteiger partial charge in [-0.1, -0.05) is 90.2 Å². The second-order valence-corrected chi connectivity index (χ2v) is 13.8. The fourth-order valence-corrected chi connectivity index (χ4v) is 7.73. The summed E-state index contributed by atoms with van der Waals surface area (Å²) in [6, 6.07) is 24.7. The number of hydrogen-bond donors (Lipinski definition) is 1. The van der Waals surface area contributed by atoms with Crippen molar-refractivity contribution < 1.29 is 0 Å². The average Bonchev–Trinajstić information content (AvgIpc) is 3.14. The lowest BCUT2D eigenvalue weighted by atomic mass is 9.97. The zero-order chi connectivity index (χ0) is 23.6. The molecular weight excluding hydrogens is 416 g/mol. The van der Waals surface area contributed by atoms with E-state index in [9.17, 15) is 0 Å². The molecule has 0 spiro atoms. The summed E-state index contributed by atoms with van der Waals surface area (Å²) >= 11 is 0. The van der Waals surface area contributed by atoms with Crippen molar-refractivity contribution in [1.82, 2.24) is 9.88 Å². The van der Waals surface area contributed by atoms with Gasteiger partial charge in [0.1, 0.15) is 8.07 Å². The molecular formula is C30H36N2Si. The minimum atomic E-state index is -1.74. The van der Waals surface area contributed by atoms with Crippen LogP contribution in [-0.2, 0) is 6.54 Å². The topological polar surface area (TPSA) is 17.0 Å². The molecule has 0 aliphatic rings. The van der Waals surface area contributed by atoms with Crippen LogP contribution < -0.4 is 10.5 Å². The highest BCUT2D eigenvalue weighted by molar-refractivity contribution is 6.96. The lowest BCUT2D eigenvalue weighted by Gasteiger charge is -2.25. The van der Waals surface area contributed by atoms with E-state index in [0.29, 0.717) is 0 Å². The van der Waals surface area contributed by atoms with Gasteiger partial charge < -0.3 is 9.88 Å². The summed E-state index contributed by atoms with van der Waals surface area (Å²) in [7, 11) is 0.317. The highest BCUT2D eigenvalue weighted by Gasteiger charge is 2.26. The van der Waals surface area contributed by atoms with Gasteiger partial charge in [0.25, 0.3) is 0 Å². The normalized spacial score (nSPS) is 13.9. The fourth-order valence-electron chi connectivity index (χ4n) is 5.13. The number of nitrogens with one attached hydrogen (secondary N) is 1. The van der Waals surface area contributed by atoms with Gasteiger partial charge in [-0.25, -0.2) is 0 Å². The first-order valence-electron chi connectivity index (χ1n) is 12.0. The SMILES string of the molecule is C/C=C(\C=C/C(NC)c1cc2c3ccccc3n(CC)c2cc1C)[Si](C)(C)c1ccccc1. The maximum atomic E-state index is 3.56. The van der Waals surface area contributed by atoms with Crippen molar-refractivity contribution in [1.29, 1.82) is 0 Å². The van der Waals surface area contributed by atoms with Crippen LogP contribution in [0.1, 0.15) is 31.0 Å². The summed E-state index contributed by atoms with van der Waals surface area (Å²) in [5, 5.41) is 9.15. The van der Waals surface area contributed by atoms with Crippen molar-refractivity contribution in [3.05, 3.63) is 101 Å². The van der Waals surface area contributed by atoms with Crippen LogP contribution in [0.5, 0.6) is 0 Å². The maximum Gasteiger partial charge on any atom is 0.111 e. The van der Waals surface area contributed by atoms with Gasteiger partial charge in [0.2, 0.25) is 0 Å². The Labute approximate surface area is 199 Å². The second-order valence-electron chi connectivity index (χ2n) is 9.35. The third-order valence-corrected chi connectivity index (χ3v) is 10.8. The molecule has 3 heteroatoms. The lowest BCUT2D eigenvalue weighted by molar-refractivity contribution is 0.711. The molecule has 2 nitrogen and oxygen atoms in total. The Balaban J connectivity index is 1.76. The molecule has 4 aromatic rings. The number of nitrogens with zero attached hydrogens (tertiary/aromatic N) is 1. The van der Waals surface area contributed by atoms with Crippen molar-refractivity contribution in [3.63, 3.8) is 0 Å². The molecule has 0 amide bonds. The van der Waals surface area contributed by atoms with Gasteiger partial charge in [-0.3, -0.25) is 0 Å². The standard InChI is InChI=1S/C30H36N2Si/c1-7-23(33(5,6)24-14-10-9-11-15-24)18-19-28(31-4)26-21-27-25-16-12-13-17-29(25)32(8-2)30(27)20-22(26)3/h7,9-21,28,31H,8H2,1-6H3/b19-18-,23-7+. The maximum absolute atomic E-state index is 3.56. The van der Waals surface area contributed by atoms with Gasteiger partial charge in [-0.05, 0) is 57.1 Å². The molecule has 170 valence electrons. The Morgan fingerprint density at radius 2 is 1.67 bits per heavy atom. The molecule has 1 heterocycles. The minimum Gasteiger partial charge on any atom is -0.341 e. The fraction of sp³-hybridized carbons (Fsp3) is 0.267. The first-order valence-corrected chi connectivity index (χ1v) is 15.0. The largest absolute Gasteiger partial charge is 0.341 e. The van der Waals surface area contributed by atoms with Crippen molar-refractivity contribution >= 4 is 35.1 Å². The first-order chi connectivity index (χ1) is 15.9. The minimum absolute atomic E-state index is 0.161. The molecule has 1 unspecified atom stereocenters. The zero-order valence-corrected chi connectivity index (χ0v) is 21.8. The summed E-state index contributed by atoms with van der Waals surface area (Å²) in [4.78, 5) is 0. The number of fused-ring (bicyclic) bond motifs is 3. The molecule has 0 aliphatic carbocycles. The monoisotopic (exact) mass is 452 g/mol. The molecule has 3 aromatic carbocycles. The van der Waals surface area contributed by atoms with Crippen LogP contribution in [0.4, 0.5) is 0 Å². The van der Waals surface area contributed by atoms with E-state index in [1.54, 1.807) is 0 Å². The molecule has 0 bridgehead atoms. The Morgan fingerprint density at radius 1 is 0.970 bits per heavy atom. The highest BCUT2D eigenvalue weighted by Crippen LogP contribution is 2.33. The molecule has 4 rings (SSSR count). The number of likely N-dealkylation sites (N-methyl/N-ethyl adjacent to an activating group) is 1. The van der Waals surface area contributed by atoms with Gasteiger partial charge in [-0.2, -0.15) is 0 Å². The van der Waals surface area contributed by atoms with Gasteiger partial charge >= 0.3 is 0 Å². The van der Waals surface area contributed by atoms with E-state index in [1.165, 1.54) is 43.3 Å². The third kappa shape index (κ3) is 4.23. The molecule has 0 saturated carbocycles. The molecule has 0 aliphatic heterocycles. The van der Waals surface area contributed by atoms with Crippen molar-refractivity contribution in [2.75, 3.05) is 7.05 Å². The van der Waals surface area contributed by atoms with Gasteiger partial charge in [0.05, 0.1) is 6.04 Å². The summed E-state index contributed by atoms with van der Waals surface area (Å²) in [6.45, 7) is 12.5. The second kappa shape index (κ2) is 9.54. The van der Waals surface area contributed by atoms with E-state index in [4.69, 9.17) is 0 Å².